The molecule has 116 valence electrons. The average Bonchev–Trinajstić information content (AvgIpc) is 2.45. The fourth-order valence-electron chi connectivity index (χ4n) is 2.33. The van der Waals surface area contributed by atoms with Gasteiger partial charge in [0.1, 0.15) is 5.69 Å². The van der Waals surface area contributed by atoms with E-state index >= 15 is 0 Å². The number of nitrogens with zero attached hydrogens (tertiary/aromatic N) is 3. The van der Waals surface area contributed by atoms with Crippen LogP contribution >= 0.6 is 15.9 Å². The SMILES string of the molecule is CS(=O)(=O)N1CCN(c2ccc(CBr)cc2[N+](=O)[O-])CC1. The number of piperazine rings is 1. The minimum Gasteiger partial charge on any atom is -0.363 e. The highest BCUT2D eigenvalue weighted by molar-refractivity contribution is 9.08. The number of halogens is 1. The van der Waals surface area contributed by atoms with Gasteiger partial charge < -0.3 is 4.90 Å². The van der Waals surface area contributed by atoms with E-state index in [0.29, 0.717) is 37.2 Å². The molecule has 0 spiro atoms. The monoisotopic (exact) mass is 377 g/mol. The zero-order chi connectivity index (χ0) is 15.6. The largest absolute Gasteiger partial charge is 0.363 e. The first-order valence-corrected chi connectivity index (χ1v) is 9.33. The second-order valence-electron chi connectivity index (χ2n) is 4.86. The van der Waals surface area contributed by atoms with E-state index in [0.717, 1.165) is 5.56 Å². The van der Waals surface area contributed by atoms with Gasteiger partial charge in [-0.3, -0.25) is 10.1 Å². The van der Waals surface area contributed by atoms with Crippen molar-refractivity contribution in [3.05, 3.63) is 33.9 Å². The minimum absolute atomic E-state index is 0.0553. The van der Waals surface area contributed by atoms with Crippen LogP contribution in [0.4, 0.5) is 11.4 Å². The van der Waals surface area contributed by atoms with Crippen molar-refractivity contribution in [2.75, 3.05) is 37.3 Å². The number of hydrogen-bond acceptors (Lipinski definition) is 5. The Morgan fingerprint density at radius 2 is 1.90 bits per heavy atom. The second kappa shape index (κ2) is 6.29. The molecule has 1 saturated heterocycles. The molecular weight excluding hydrogens is 362 g/mol. The van der Waals surface area contributed by atoms with Crippen molar-refractivity contribution in [2.45, 2.75) is 5.33 Å². The summed E-state index contributed by atoms with van der Waals surface area (Å²) < 4.78 is 24.4. The molecule has 0 N–H and O–H groups in total. The van der Waals surface area contributed by atoms with E-state index in [1.54, 1.807) is 12.1 Å². The molecule has 0 unspecified atom stereocenters. The van der Waals surface area contributed by atoms with Gasteiger partial charge in [0.05, 0.1) is 11.2 Å². The third-order valence-electron chi connectivity index (χ3n) is 3.44. The molecule has 0 bridgehead atoms. The lowest BCUT2D eigenvalue weighted by atomic mass is 10.1. The molecule has 1 aromatic carbocycles. The van der Waals surface area contributed by atoms with Crippen LogP contribution in [0.2, 0.25) is 0 Å². The second-order valence-corrected chi connectivity index (χ2v) is 7.41. The Morgan fingerprint density at radius 1 is 1.29 bits per heavy atom. The predicted octanol–water partition coefficient (Wildman–Crippen LogP) is 1.57. The summed E-state index contributed by atoms with van der Waals surface area (Å²) >= 11 is 3.28. The normalized spacial score (nSPS) is 17.0. The summed E-state index contributed by atoms with van der Waals surface area (Å²) in [5.74, 6) is 0. The van der Waals surface area contributed by atoms with Gasteiger partial charge in [-0.2, -0.15) is 4.31 Å². The van der Waals surface area contributed by atoms with Crippen molar-refractivity contribution in [1.29, 1.82) is 0 Å². The summed E-state index contributed by atoms with van der Waals surface area (Å²) in [6.07, 6.45) is 1.18. The minimum atomic E-state index is -3.20. The van der Waals surface area contributed by atoms with Gasteiger partial charge in [0.15, 0.2) is 0 Å². The molecule has 1 heterocycles. The van der Waals surface area contributed by atoms with E-state index in [4.69, 9.17) is 0 Å². The summed E-state index contributed by atoms with van der Waals surface area (Å²) in [5.41, 5.74) is 1.43. The molecule has 2 rings (SSSR count). The molecule has 7 nitrogen and oxygen atoms in total. The van der Waals surface area contributed by atoms with Crippen molar-refractivity contribution in [3.8, 4) is 0 Å². The van der Waals surface area contributed by atoms with Crippen molar-refractivity contribution < 1.29 is 13.3 Å². The Balaban J connectivity index is 2.22. The maximum atomic E-state index is 11.5. The summed E-state index contributed by atoms with van der Waals surface area (Å²) in [7, 11) is -3.20. The Morgan fingerprint density at radius 3 is 2.38 bits per heavy atom. The first kappa shape index (κ1) is 16.2. The van der Waals surface area contributed by atoms with E-state index in [1.807, 2.05) is 11.0 Å². The molecule has 9 heteroatoms. The number of benzene rings is 1. The van der Waals surface area contributed by atoms with Gasteiger partial charge in [-0.15, -0.1) is 0 Å². The molecule has 21 heavy (non-hydrogen) atoms. The van der Waals surface area contributed by atoms with Crippen LogP contribution in [-0.2, 0) is 15.4 Å². The summed E-state index contributed by atoms with van der Waals surface area (Å²) in [5, 5.41) is 11.8. The van der Waals surface area contributed by atoms with Gasteiger partial charge in [-0.05, 0) is 11.6 Å². The van der Waals surface area contributed by atoms with Gasteiger partial charge in [0.2, 0.25) is 10.0 Å². The molecule has 0 radical (unpaired) electrons. The number of rotatable bonds is 4. The summed E-state index contributed by atoms with van der Waals surface area (Å²) in [6, 6.07) is 5.11. The highest BCUT2D eigenvalue weighted by atomic mass is 79.9. The van der Waals surface area contributed by atoms with Crippen molar-refractivity contribution >= 4 is 37.3 Å². The van der Waals surface area contributed by atoms with Crippen LogP contribution < -0.4 is 4.90 Å². The van der Waals surface area contributed by atoms with Crippen LogP contribution in [0.1, 0.15) is 5.56 Å². The first-order chi connectivity index (χ1) is 9.82. The third-order valence-corrected chi connectivity index (χ3v) is 5.39. The summed E-state index contributed by atoms with van der Waals surface area (Å²) in [4.78, 5) is 12.7. The number of alkyl halides is 1. The summed E-state index contributed by atoms with van der Waals surface area (Å²) in [6.45, 7) is 1.58. The maximum Gasteiger partial charge on any atom is 0.292 e. The van der Waals surface area contributed by atoms with Gasteiger partial charge in [-0.25, -0.2) is 8.42 Å². The van der Waals surface area contributed by atoms with E-state index < -0.39 is 14.9 Å². The fourth-order valence-corrected chi connectivity index (χ4v) is 3.50. The molecule has 0 saturated carbocycles. The predicted molar refractivity (Wildman–Crippen MR) is 84.4 cm³/mol. The molecule has 1 aliphatic rings. The van der Waals surface area contributed by atoms with Crippen molar-refractivity contribution in [3.63, 3.8) is 0 Å². The molecular formula is C12H16BrN3O4S. The van der Waals surface area contributed by atoms with Gasteiger partial charge >= 0.3 is 0 Å². The number of hydrogen-bond donors (Lipinski definition) is 0. The van der Waals surface area contributed by atoms with E-state index in [-0.39, 0.29) is 5.69 Å². The number of nitro groups is 1. The smallest absolute Gasteiger partial charge is 0.292 e. The van der Waals surface area contributed by atoms with Crippen molar-refractivity contribution in [1.82, 2.24) is 4.31 Å². The maximum absolute atomic E-state index is 11.5. The van der Waals surface area contributed by atoms with Crippen LogP contribution in [0.5, 0.6) is 0 Å². The molecule has 0 amide bonds. The third kappa shape index (κ3) is 3.72. The zero-order valence-electron chi connectivity index (χ0n) is 11.5. The Bertz CT molecular complexity index is 642. The first-order valence-electron chi connectivity index (χ1n) is 6.36. The fraction of sp³-hybridized carbons (Fsp3) is 0.500. The zero-order valence-corrected chi connectivity index (χ0v) is 13.9. The molecule has 0 aromatic heterocycles. The molecule has 1 aromatic rings. The lowest BCUT2D eigenvalue weighted by Gasteiger charge is -2.34. The molecule has 1 aliphatic heterocycles. The Labute approximate surface area is 131 Å². The average molecular weight is 378 g/mol. The Kier molecular flexibility index (Phi) is 4.84. The van der Waals surface area contributed by atoms with Crippen LogP contribution in [0, 0.1) is 10.1 Å². The number of anilines is 1. The van der Waals surface area contributed by atoms with Crippen LogP contribution in [-0.4, -0.2) is 50.1 Å². The number of sulfonamides is 1. The molecule has 0 atom stereocenters. The van der Waals surface area contributed by atoms with Crippen LogP contribution in [0.25, 0.3) is 0 Å². The van der Waals surface area contributed by atoms with Crippen LogP contribution in [0.3, 0.4) is 0 Å². The van der Waals surface area contributed by atoms with Crippen LogP contribution in [0.15, 0.2) is 18.2 Å². The quantitative estimate of drug-likeness (QED) is 0.451. The van der Waals surface area contributed by atoms with E-state index in [9.17, 15) is 18.5 Å². The van der Waals surface area contributed by atoms with Gasteiger partial charge in [-0.1, -0.05) is 22.0 Å². The van der Waals surface area contributed by atoms with Gasteiger partial charge in [0.25, 0.3) is 5.69 Å². The van der Waals surface area contributed by atoms with E-state index in [1.165, 1.54) is 10.6 Å². The molecule has 0 aliphatic carbocycles. The lowest BCUT2D eigenvalue weighted by Crippen LogP contribution is -2.48. The highest BCUT2D eigenvalue weighted by Gasteiger charge is 2.27. The van der Waals surface area contributed by atoms with Gasteiger partial charge in [0, 0.05) is 37.6 Å². The standard InChI is InChI=1S/C12H16BrN3O4S/c1-21(19,20)15-6-4-14(5-7-15)11-3-2-10(9-13)8-12(11)16(17)18/h2-3,8H,4-7,9H2,1H3. The van der Waals surface area contributed by atoms with E-state index in [2.05, 4.69) is 15.9 Å². The number of nitro benzene ring substituents is 1. The highest BCUT2D eigenvalue weighted by Crippen LogP contribution is 2.30. The topological polar surface area (TPSA) is 83.8 Å². The lowest BCUT2D eigenvalue weighted by molar-refractivity contribution is -0.384. The molecule has 1 fully saturated rings. The van der Waals surface area contributed by atoms with Crippen molar-refractivity contribution in [2.24, 2.45) is 0 Å². The Hall–Kier alpha value is -1.19.